The highest BCUT2D eigenvalue weighted by atomic mass is 16.6. The van der Waals surface area contributed by atoms with Crippen LogP contribution in [0.4, 0.5) is 9.59 Å². The van der Waals surface area contributed by atoms with Crippen LogP contribution in [0, 0.1) is 0 Å². The predicted molar refractivity (Wildman–Crippen MR) is 108 cm³/mol. The van der Waals surface area contributed by atoms with Crippen molar-refractivity contribution in [3.8, 4) is 11.5 Å². The number of ether oxygens (including phenoxy) is 4. The van der Waals surface area contributed by atoms with Gasteiger partial charge in [-0.2, -0.15) is 0 Å². The molecule has 0 radical (unpaired) electrons. The number of carbonyl (C=O) groups is 2. The number of amides is 2. The van der Waals surface area contributed by atoms with Crippen LogP contribution in [0.3, 0.4) is 0 Å². The molecule has 29 heavy (non-hydrogen) atoms. The molecule has 1 aliphatic rings. The van der Waals surface area contributed by atoms with Gasteiger partial charge >= 0.3 is 12.2 Å². The van der Waals surface area contributed by atoms with Crippen LogP contribution in [-0.2, 0) is 15.0 Å². The molecule has 0 aromatic heterocycles. The molecule has 8 nitrogen and oxygen atoms in total. The van der Waals surface area contributed by atoms with Gasteiger partial charge in [0.25, 0.3) is 0 Å². The summed E-state index contributed by atoms with van der Waals surface area (Å²) >= 11 is 0. The first kappa shape index (κ1) is 22.6. The lowest BCUT2D eigenvalue weighted by molar-refractivity contribution is -0.0235. The van der Waals surface area contributed by atoms with Crippen molar-refractivity contribution in [3.63, 3.8) is 0 Å². The Labute approximate surface area is 172 Å². The van der Waals surface area contributed by atoms with Crippen LogP contribution < -0.4 is 14.8 Å². The predicted octanol–water partition coefficient (Wildman–Crippen LogP) is 3.67. The summed E-state index contributed by atoms with van der Waals surface area (Å²) in [7, 11) is 3.12. The summed E-state index contributed by atoms with van der Waals surface area (Å²) < 4.78 is 21.7. The third-order valence-corrected chi connectivity index (χ3v) is 4.24. The van der Waals surface area contributed by atoms with Gasteiger partial charge in [0.05, 0.1) is 27.3 Å². The molecule has 0 bridgehead atoms. The van der Waals surface area contributed by atoms with Crippen LogP contribution in [0.5, 0.6) is 11.5 Å². The van der Waals surface area contributed by atoms with Crippen molar-refractivity contribution in [1.82, 2.24) is 10.2 Å². The van der Waals surface area contributed by atoms with Gasteiger partial charge in [0.2, 0.25) is 0 Å². The normalized spacial score (nSPS) is 15.8. The standard InChI is InChI=1S/C21H32N2O6/c1-19(2,3)28-17(24)22-21(12-23(13-21)18(25)29-20(4,5)6)15-11-14(26-7)9-10-16(15)27-8/h9-11H,12-13H2,1-8H3,(H,22,24). The van der Waals surface area contributed by atoms with Gasteiger partial charge in [0.1, 0.15) is 28.2 Å². The van der Waals surface area contributed by atoms with Crippen LogP contribution in [0.1, 0.15) is 47.1 Å². The van der Waals surface area contributed by atoms with E-state index in [0.717, 1.165) is 0 Å². The summed E-state index contributed by atoms with van der Waals surface area (Å²) in [4.78, 5) is 26.5. The monoisotopic (exact) mass is 408 g/mol. The maximum Gasteiger partial charge on any atom is 0.410 e. The molecule has 1 fully saturated rings. The minimum atomic E-state index is -0.890. The number of hydrogen-bond donors (Lipinski definition) is 1. The van der Waals surface area contributed by atoms with E-state index in [2.05, 4.69) is 5.32 Å². The van der Waals surface area contributed by atoms with Crippen molar-refractivity contribution in [2.75, 3.05) is 27.3 Å². The number of methoxy groups -OCH3 is 2. The van der Waals surface area contributed by atoms with E-state index in [9.17, 15) is 9.59 Å². The van der Waals surface area contributed by atoms with Crippen molar-refractivity contribution in [3.05, 3.63) is 23.8 Å². The van der Waals surface area contributed by atoms with Crippen molar-refractivity contribution >= 4 is 12.2 Å². The van der Waals surface area contributed by atoms with Gasteiger partial charge in [-0.25, -0.2) is 9.59 Å². The fourth-order valence-electron chi connectivity index (χ4n) is 3.06. The summed E-state index contributed by atoms with van der Waals surface area (Å²) in [5.41, 5.74) is -1.45. The van der Waals surface area contributed by atoms with E-state index < -0.39 is 28.9 Å². The Hall–Kier alpha value is -2.64. The molecule has 1 heterocycles. The summed E-state index contributed by atoms with van der Waals surface area (Å²) in [6.45, 7) is 11.2. The number of nitrogens with zero attached hydrogens (tertiary/aromatic N) is 1. The Kier molecular flexibility index (Phi) is 6.25. The second-order valence-electron chi connectivity index (χ2n) is 9.11. The number of benzene rings is 1. The van der Waals surface area contributed by atoms with E-state index in [1.807, 2.05) is 20.8 Å². The number of nitrogens with one attached hydrogen (secondary N) is 1. The Morgan fingerprint density at radius 1 is 0.966 bits per heavy atom. The Morgan fingerprint density at radius 3 is 2.03 bits per heavy atom. The quantitative estimate of drug-likeness (QED) is 0.818. The summed E-state index contributed by atoms with van der Waals surface area (Å²) in [6, 6.07) is 5.33. The molecule has 2 rings (SSSR count). The molecule has 1 N–H and O–H groups in total. The van der Waals surface area contributed by atoms with Crippen LogP contribution in [0.2, 0.25) is 0 Å². The smallest absolute Gasteiger partial charge is 0.410 e. The van der Waals surface area contributed by atoms with E-state index in [0.29, 0.717) is 17.1 Å². The van der Waals surface area contributed by atoms with Crippen molar-refractivity contribution in [2.45, 2.75) is 58.3 Å². The highest BCUT2D eigenvalue weighted by Crippen LogP contribution is 2.40. The third-order valence-electron chi connectivity index (χ3n) is 4.24. The molecule has 162 valence electrons. The molecule has 0 spiro atoms. The zero-order valence-corrected chi connectivity index (χ0v) is 18.5. The Bertz CT molecular complexity index is 757. The molecular formula is C21H32N2O6. The second-order valence-corrected chi connectivity index (χ2v) is 9.11. The van der Waals surface area contributed by atoms with E-state index in [1.165, 1.54) is 4.90 Å². The SMILES string of the molecule is COc1ccc(OC)c(C2(NC(=O)OC(C)(C)C)CN(C(=O)OC(C)(C)C)C2)c1. The van der Waals surface area contributed by atoms with Gasteiger partial charge in [-0.15, -0.1) is 0 Å². The molecular weight excluding hydrogens is 376 g/mol. The number of hydrogen-bond acceptors (Lipinski definition) is 6. The first-order chi connectivity index (χ1) is 13.3. The van der Waals surface area contributed by atoms with E-state index >= 15 is 0 Å². The summed E-state index contributed by atoms with van der Waals surface area (Å²) in [5, 5.41) is 2.93. The molecule has 0 aliphatic carbocycles. The minimum absolute atomic E-state index is 0.213. The lowest BCUT2D eigenvalue weighted by atomic mass is 9.81. The highest BCUT2D eigenvalue weighted by molar-refractivity contribution is 5.74. The fraction of sp³-hybridized carbons (Fsp3) is 0.619. The topological polar surface area (TPSA) is 86.3 Å². The number of alkyl carbamates (subject to hydrolysis) is 1. The third kappa shape index (κ3) is 5.68. The second kappa shape index (κ2) is 8.00. The van der Waals surface area contributed by atoms with Gasteiger partial charge in [0, 0.05) is 5.56 Å². The molecule has 0 saturated carbocycles. The van der Waals surface area contributed by atoms with E-state index in [4.69, 9.17) is 18.9 Å². The van der Waals surface area contributed by atoms with Gasteiger partial charge in [-0.1, -0.05) is 0 Å². The molecule has 1 aromatic rings. The largest absolute Gasteiger partial charge is 0.497 e. The molecule has 1 aliphatic heterocycles. The van der Waals surface area contributed by atoms with Crippen LogP contribution in [0.15, 0.2) is 18.2 Å². The Balaban J connectivity index is 2.34. The van der Waals surface area contributed by atoms with Crippen molar-refractivity contribution < 1.29 is 28.5 Å². The summed E-state index contributed by atoms with van der Waals surface area (Å²) in [6.07, 6.45) is -1.02. The zero-order valence-electron chi connectivity index (χ0n) is 18.5. The number of rotatable bonds is 4. The average Bonchev–Trinajstić information content (AvgIpc) is 2.53. The van der Waals surface area contributed by atoms with Gasteiger partial charge < -0.3 is 29.2 Å². The van der Waals surface area contributed by atoms with E-state index in [1.54, 1.807) is 53.2 Å². The van der Waals surface area contributed by atoms with Gasteiger partial charge in [0.15, 0.2) is 0 Å². The minimum Gasteiger partial charge on any atom is -0.497 e. The molecule has 2 amide bonds. The molecule has 0 atom stereocenters. The zero-order chi connectivity index (χ0) is 22.0. The lowest BCUT2D eigenvalue weighted by Gasteiger charge is -2.50. The maximum atomic E-state index is 12.6. The highest BCUT2D eigenvalue weighted by Gasteiger charge is 2.51. The van der Waals surface area contributed by atoms with Crippen LogP contribution in [0.25, 0.3) is 0 Å². The maximum absolute atomic E-state index is 12.6. The fourth-order valence-corrected chi connectivity index (χ4v) is 3.06. The first-order valence-electron chi connectivity index (χ1n) is 9.50. The first-order valence-corrected chi connectivity index (χ1v) is 9.50. The van der Waals surface area contributed by atoms with Crippen LogP contribution >= 0.6 is 0 Å². The number of carbonyl (C=O) groups excluding carboxylic acids is 2. The molecule has 0 unspecified atom stereocenters. The summed E-state index contributed by atoms with van der Waals surface area (Å²) in [5.74, 6) is 1.19. The van der Waals surface area contributed by atoms with Crippen LogP contribution in [-0.4, -0.2) is 55.6 Å². The van der Waals surface area contributed by atoms with Crippen molar-refractivity contribution in [1.29, 1.82) is 0 Å². The molecule has 1 aromatic carbocycles. The molecule has 8 heteroatoms. The Morgan fingerprint density at radius 2 is 1.55 bits per heavy atom. The molecule has 1 saturated heterocycles. The lowest BCUT2D eigenvalue weighted by Crippen LogP contribution is -2.69. The number of likely N-dealkylation sites (tertiary alicyclic amines) is 1. The van der Waals surface area contributed by atoms with Gasteiger partial charge in [-0.05, 0) is 59.7 Å². The van der Waals surface area contributed by atoms with Gasteiger partial charge in [-0.3, -0.25) is 0 Å². The average molecular weight is 408 g/mol. The van der Waals surface area contributed by atoms with E-state index in [-0.39, 0.29) is 13.1 Å². The van der Waals surface area contributed by atoms with Crippen molar-refractivity contribution in [2.24, 2.45) is 0 Å².